The Kier molecular flexibility index (Phi) is 10.9. The van der Waals surface area contributed by atoms with Crippen LogP contribution in [0.25, 0.3) is 21.3 Å². The van der Waals surface area contributed by atoms with Crippen molar-refractivity contribution in [3.63, 3.8) is 0 Å². The molecule has 0 aromatic rings. The zero-order valence-electron chi connectivity index (χ0n) is 8.15. The standard InChI is InChI=1S/2C4H8N2.Zn/c2*1-2-6-4-3-5-1;/h2*1-4H2;/q2*-2;. The molecule has 0 atom stereocenters. The topological polar surface area (TPSA) is 56.4 Å². The van der Waals surface area contributed by atoms with Crippen molar-refractivity contribution in [1.82, 2.24) is 0 Å². The van der Waals surface area contributed by atoms with Gasteiger partial charge < -0.3 is 21.3 Å². The molecule has 0 aliphatic carbocycles. The molecule has 0 amide bonds. The molecule has 5 heteroatoms. The van der Waals surface area contributed by atoms with Gasteiger partial charge in [0.1, 0.15) is 0 Å². The van der Waals surface area contributed by atoms with Crippen LogP contribution in [0.1, 0.15) is 0 Å². The molecule has 2 fully saturated rings. The van der Waals surface area contributed by atoms with E-state index in [4.69, 9.17) is 0 Å². The van der Waals surface area contributed by atoms with Gasteiger partial charge in [0, 0.05) is 19.5 Å². The van der Waals surface area contributed by atoms with Crippen LogP contribution in [-0.4, -0.2) is 52.4 Å². The average molecular weight is 234 g/mol. The molecule has 0 spiro atoms. The van der Waals surface area contributed by atoms with E-state index in [0.29, 0.717) is 0 Å². The zero-order valence-corrected chi connectivity index (χ0v) is 11.1. The van der Waals surface area contributed by atoms with E-state index in [-0.39, 0.29) is 19.5 Å². The Morgan fingerprint density at radius 2 is 0.538 bits per heavy atom. The van der Waals surface area contributed by atoms with Crippen LogP contribution >= 0.6 is 0 Å². The first kappa shape index (κ1) is 13.5. The third-order valence-corrected chi connectivity index (χ3v) is 1.66. The summed E-state index contributed by atoms with van der Waals surface area (Å²) >= 11 is 0. The van der Waals surface area contributed by atoms with Gasteiger partial charge in [0.05, 0.1) is 0 Å². The summed E-state index contributed by atoms with van der Waals surface area (Å²) in [4.78, 5) is 0. The second kappa shape index (κ2) is 10.5. The SMILES string of the molecule is C1C[N-]CC[N-]1.C1C[N-]CC[N-]1.[Zn]. The van der Waals surface area contributed by atoms with Crippen LogP contribution in [0.3, 0.4) is 0 Å². The molecule has 0 saturated carbocycles. The quantitative estimate of drug-likeness (QED) is 0.570. The van der Waals surface area contributed by atoms with E-state index in [0.717, 1.165) is 52.4 Å². The predicted molar refractivity (Wildman–Crippen MR) is 52.4 cm³/mol. The van der Waals surface area contributed by atoms with Crippen molar-refractivity contribution in [3.8, 4) is 0 Å². The molecule has 0 N–H and O–H groups in total. The van der Waals surface area contributed by atoms with Gasteiger partial charge in [0.2, 0.25) is 0 Å². The zero-order chi connectivity index (χ0) is 8.49. The molecular formula is C8H16N4Zn-4. The van der Waals surface area contributed by atoms with Gasteiger partial charge >= 0.3 is 0 Å². The molecule has 2 saturated heterocycles. The molecule has 2 aliphatic rings. The van der Waals surface area contributed by atoms with E-state index in [9.17, 15) is 0 Å². The second-order valence-electron chi connectivity index (χ2n) is 2.68. The second-order valence-corrected chi connectivity index (χ2v) is 2.68. The van der Waals surface area contributed by atoms with Gasteiger partial charge in [-0.15, -0.1) is 0 Å². The summed E-state index contributed by atoms with van der Waals surface area (Å²) in [6.07, 6.45) is 0. The largest absolute Gasteiger partial charge is 0.665 e. The molecule has 0 radical (unpaired) electrons. The van der Waals surface area contributed by atoms with Crippen molar-refractivity contribution in [2.45, 2.75) is 0 Å². The van der Waals surface area contributed by atoms with Crippen LogP contribution in [0.15, 0.2) is 0 Å². The maximum atomic E-state index is 4.08. The van der Waals surface area contributed by atoms with Crippen LogP contribution in [0.2, 0.25) is 0 Å². The van der Waals surface area contributed by atoms with E-state index in [1.54, 1.807) is 0 Å². The molecule has 13 heavy (non-hydrogen) atoms. The number of rotatable bonds is 0. The van der Waals surface area contributed by atoms with Gasteiger partial charge in [-0.3, -0.25) is 0 Å². The molecule has 0 bridgehead atoms. The summed E-state index contributed by atoms with van der Waals surface area (Å²) in [7, 11) is 0. The predicted octanol–water partition coefficient (Wildman–Crippen LogP) is 1.49. The van der Waals surface area contributed by atoms with Gasteiger partial charge in [-0.1, -0.05) is 0 Å². The van der Waals surface area contributed by atoms with Crippen LogP contribution < -0.4 is 0 Å². The van der Waals surface area contributed by atoms with Gasteiger partial charge in [-0.2, -0.15) is 52.4 Å². The maximum absolute atomic E-state index is 4.08. The summed E-state index contributed by atoms with van der Waals surface area (Å²) in [6, 6.07) is 0. The summed E-state index contributed by atoms with van der Waals surface area (Å²) in [6.45, 7) is 7.67. The number of nitrogens with zero attached hydrogens (tertiary/aromatic N) is 4. The van der Waals surface area contributed by atoms with Crippen molar-refractivity contribution in [2.24, 2.45) is 0 Å². The summed E-state index contributed by atoms with van der Waals surface area (Å²) in [5.41, 5.74) is 0. The minimum absolute atomic E-state index is 0. The Morgan fingerprint density at radius 1 is 0.385 bits per heavy atom. The van der Waals surface area contributed by atoms with Crippen molar-refractivity contribution in [2.75, 3.05) is 52.4 Å². The molecule has 0 aromatic heterocycles. The fraction of sp³-hybridized carbons (Fsp3) is 1.00. The minimum atomic E-state index is 0. The van der Waals surface area contributed by atoms with E-state index in [1.165, 1.54) is 0 Å². The van der Waals surface area contributed by atoms with E-state index in [2.05, 4.69) is 21.3 Å². The molecule has 0 unspecified atom stereocenters. The summed E-state index contributed by atoms with van der Waals surface area (Å²) in [5.74, 6) is 0. The van der Waals surface area contributed by atoms with Gasteiger partial charge in [0.15, 0.2) is 0 Å². The molecule has 2 rings (SSSR count). The smallest absolute Gasteiger partial charge is 0 e. The number of hydrogen-bond acceptors (Lipinski definition) is 0. The van der Waals surface area contributed by atoms with Gasteiger partial charge in [-0.25, -0.2) is 0 Å². The summed E-state index contributed by atoms with van der Waals surface area (Å²) < 4.78 is 0. The Balaban J connectivity index is 0.000000206. The maximum Gasteiger partial charge on any atom is 0 e. The van der Waals surface area contributed by atoms with Gasteiger partial charge in [-0.05, 0) is 0 Å². The van der Waals surface area contributed by atoms with Crippen LogP contribution in [0, 0.1) is 0 Å². The Hall–Kier alpha value is 0.463. The first-order valence-corrected chi connectivity index (χ1v) is 4.53. The van der Waals surface area contributed by atoms with Crippen LogP contribution in [0.4, 0.5) is 0 Å². The average Bonchev–Trinajstić information content (AvgIpc) is 2.24. The molecular weight excluding hydrogens is 218 g/mol. The fourth-order valence-electron chi connectivity index (χ4n) is 1.01. The Labute approximate surface area is 93.4 Å². The molecule has 4 nitrogen and oxygen atoms in total. The van der Waals surface area contributed by atoms with Crippen molar-refractivity contribution >= 4 is 0 Å². The monoisotopic (exact) mass is 232 g/mol. The first-order valence-electron chi connectivity index (χ1n) is 4.53. The van der Waals surface area contributed by atoms with E-state index < -0.39 is 0 Å². The normalized spacial score (nSPS) is 22.2. The number of hydrogen-bond donors (Lipinski definition) is 0. The fourth-order valence-corrected chi connectivity index (χ4v) is 1.01. The third-order valence-electron chi connectivity index (χ3n) is 1.66. The molecule has 0 aromatic carbocycles. The first-order chi connectivity index (χ1) is 6.00. The van der Waals surface area contributed by atoms with E-state index >= 15 is 0 Å². The van der Waals surface area contributed by atoms with Crippen molar-refractivity contribution in [3.05, 3.63) is 21.3 Å². The molecule has 2 heterocycles. The Bertz CT molecular complexity index is 59.1. The number of piperazine rings is 2. The molecule has 2 aliphatic heterocycles. The van der Waals surface area contributed by atoms with Gasteiger partial charge in [0.25, 0.3) is 0 Å². The Morgan fingerprint density at radius 3 is 0.615 bits per heavy atom. The van der Waals surface area contributed by atoms with Crippen molar-refractivity contribution < 1.29 is 19.5 Å². The summed E-state index contributed by atoms with van der Waals surface area (Å²) in [5, 5.41) is 16.3. The van der Waals surface area contributed by atoms with Crippen LogP contribution in [0.5, 0.6) is 0 Å². The minimum Gasteiger partial charge on any atom is -0.665 e. The van der Waals surface area contributed by atoms with E-state index in [1.807, 2.05) is 0 Å². The van der Waals surface area contributed by atoms with Crippen LogP contribution in [-0.2, 0) is 19.5 Å². The molecule has 74 valence electrons. The van der Waals surface area contributed by atoms with Crippen molar-refractivity contribution in [1.29, 1.82) is 0 Å². The third kappa shape index (κ3) is 8.78.